The summed E-state index contributed by atoms with van der Waals surface area (Å²) in [6.45, 7) is 1.44. The summed E-state index contributed by atoms with van der Waals surface area (Å²) >= 11 is 0. The van der Waals surface area contributed by atoms with Crippen molar-refractivity contribution in [3.05, 3.63) is 70.3 Å². The van der Waals surface area contributed by atoms with Gasteiger partial charge in [-0.2, -0.15) is 13.2 Å². The molecule has 0 aliphatic heterocycles. The van der Waals surface area contributed by atoms with Crippen molar-refractivity contribution in [3.63, 3.8) is 0 Å². The quantitative estimate of drug-likeness (QED) is 0.576. The molecule has 1 aliphatic carbocycles. The van der Waals surface area contributed by atoms with Crippen LogP contribution in [0.2, 0.25) is 0 Å². The maximum atomic E-state index is 14.2. The van der Waals surface area contributed by atoms with Crippen molar-refractivity contribution in [3.8, 4) is 0 Å². The van der Waals surface area contributed by atoms with Gasteiger partial charge in [-0.05, 0) is 50.1 Å². The van der Waals surface area contributed by atoms with Crippen LogP contribution < -0.4 is 10.6 Å². The van der Waals surface area contributed by atoms with Gasteiger partial charge >= 0.3 is 12.1 Å². The fraction of sp³-hybridized carbons (Fsp3) is 0.286. The summed E-state index contributed by atoms with van der Waals surface area (Å²) < 4.78 is 66.4. The Labute approximate surface area is 178 Å². The number of halogens is 5. The fourth-order valence-electron chi connectivity index (χ4n) is 3.13. The minimum atomic E-state index is -4.86. The number of hydrogen-bond acceptors (Lipinski definition) is 3. The van der Waals surface area contributed by atoms with E-state index in [9.17, 15) is 36.3 Å². The van der Waals surface area contributed by atoms with Gasteiger partial charge < -0.3 is 15.7 Å². The maximum absolute atomic E-state index is 14.2. The predicted molar refractivity (Wildman–Crippen MR) is 101 cm³/mol. The minimum Gasteiger partial charge on any atom is -0.478 e. The average molecular weight is 456 g/mol. The number of aromatic carboxylic acids is 1. The summed E-state index contributed by atoms with van der Waals surface area (Å²) in [6.07, 6.45) is -4.50. The summed E-state index contributed by atoms with van der Waals surface area (Å²) in [7, 11) is 0. The van der Waals surface area contributed by atoms with E-state index in [-0.39, 0.29) is 30.0 Å². The number of carboxylic acid groups (broad SMARTS) is 1. The van der Waals surface area contributed by atoms with Gasteiger partial charge in [-0.1, -0.05) is 6.07 Å². The lowest BCUT2D eigenvalue weighted by atomic mass is 10.0. The third kappa shape index (κ3) is 4.87. The molecular formula is C21H17F5N2O4. The van der Waals surface area contributed by atoms with E-state index in [0.717, 1.165) is 6.07 Å². The van der Waals surface area contributed by atoms with Crippen molar-refractivity contribution < 1.29 is 41.4 Å². The van der Waals surface area contributed by atoms with Gasteiger partial charge in [0.2, 0.25) is 5.91 Å². The molecule has 1 fully saturated rings. The van der Waals surface area contributed by atoms with Gasteiger partial charge in [0, 0.05) is 11.1 Å². The standard InChI is InChI=1S/C21H17F5N2O4/c1-10(15-3-2-11(18(30)31)8-16(15)23)27-19(32)20(4-5-20)28-17(29)12-6-13(21(24,25)26)9-14(22)7-12/h2-3,6-10H,4-5H2,1H3,(H,27,32)(H,28,29)(H,30,31)/t10-/m1/s1. The molecule has 3 rings (SSSR count). The van der Waals surface area contributed by atoms with E-state index in [1.54, 1.807) is 0 Å². The van der Waals surface area contributed by atoms with Crippen LogP contribution in [0.5, 0.6) is 0 Å². The zero-order valence-corrected chi connectivity index (χ0v) is 16.5. The molecule has 1 atom stereocenters. The van der Waals surface area contributed by atoms with Crippen LogP contribution in [0.4, 0.5) is 22.0 Å². The Bertz CT molecular complexity index is 1100. The van der Waals surface area contributed by atoms with Gasteiger partial charge in [-0.3, -0.25) is 9.59 Å². The van der Waals surface area contributed by atoms with Crippen LogP contribution in [-0.2, 0) is 11.0 Å². The topological polar surface area (TPSA) is 95.5 Å². The largest absolute Gasteiger partial charge is 0.478 e. The summed E-state index contributed by atoms with van der Waals surface area (Å²) in [5.74, 6) is -5.20. The van der Waals surface area contributed by atoms with Crippen LogP contribution in [-0.4, -0.2) is 28.4 Å². The van der Waals surface area contributed by atoms with Crippen molar-refractivity contribution in [1.82, 2.24) is 10.6 Å². The van der Waals surface area contributed by atoms with E-state index in [1.165, 1.54) is 19.1 Å². The van der Waals surface area contributed by atoms with Gasteiger partial charge in [0.15, 0.2) is 0 Å². The van der Waals surface area contributed by atoms with Crippen LogP contribution in [0.25, 0.3) is 0 Å². The first kappa shape index (κ1) is 23.2. The molecule has 0 saturated heterocycles. The second-order valence-corrected chi connectivity index (χ2v) is 7.50. The SMILES string of the molecule is C[C@@H](NC(=O)C1(NC(=O)c2cc(F)cc(C(F)(F)F)c2)CC1)c1ccc(C(=O)O)cc1F. The van der Waals surface area contributed by atoms with E-state index < -0.39 is 58.3 Å². The third-order valence-electron chi connectivity index (χ3n) is 5.09. The first-order valence-corrected chi connectivity index (χ1v) is 9.36. The van der Waals surface area contributed by atoms with Gasteiger partial charge in [0.1, 0.15) is 17.2 Å². The predicted octanol–water partition coefficient (Wildman–Crippen LogP) is 3.82. The molecule has 1 aliphatic rings. The van der Waals surface area contributed by atoms with Crippen LogP contribution >= 0.6 is 0 Å². The van der Waals surface area contributed by atoms with Crippen LogP contribution in [0.3, 0.4) is 0 Å². The number of carbonyl (C=O) groups is 3. The Morgan fingerprint density at radius 1 is 1.03 bits per heavy atom. The van der Waals surface area contributed by atoms with E-state index in [0.29, 0.717) is 12.1 Å². The van der Waals surface area contributed by atoms with Crippen LogP contribution in [0.1, 0.15) is 57.7 Å². The Kier molecular flexibility index (Phi) is 5.94. The van der Waals surface area contributed by atoms with Gasteiger partial charge in [0.25, 0.3) is 5.91 Å². The summed E-state index contributed by atoms with van der Waals surface area (Å²) in [5.41, 5.74) is -3.63. The third-order valence-corrected chi connectivity index (χ3v) is 5.09. The number of hydrogen-bond donors (Lipinski definition) is 3. The molecule has 11 heteroatoms. The van der Waals surface area contributed by atoms with Crippen molar-refractivity contribution >= 4 is 17.8 Å². The molecule has 0 radical (unpaired) electrons. The highest BCUT2D eigenvalue weighted by molar-refractivity contribution is 6.00. The second kappa shape index (κ2) is 8.21. The maximum Gasteiger partial charge on any atom is 0.416 e. The highest BCUT2D eigenvalue weighted by Gasteiger charge is 2.51. The lowest BCUT2D eigenvalue weighted by molar-refractivity contribution is -0.137. The Morgan fingerprint density at radius 2 is 1.69 bits per heavy atom. The van der Waals surface area contributed by atoms with E-state index in [4.69, 9.17) is 5.11 Å². The lowest BCUT2D eigenvalue weighted by Gasteiger charge is -2.22. The fourth-order valence-corrected chi connectivity index (χ4v) is 3.13. The smallest absolute Gasteiger partial charge is 0.416 e. The zero-order valence-electron chi connectivity index (χ0n) is 16.5. The molecule has 0 unspecified atom stereocenters. The van der Waals surface area contributed by atoms with E-state index in [2.05, 4.69) is 10.6 Å². The Morgan fingerprint density at radius 3 is 2.22 bits per heavy atom. The average Bonchev–Trinajstić information content (AvgIpc) is 3.47. The molecule has 2 aromatic rings. The van der Waals surface area contributed by atoms with Crippen molar-refractivity contribution in [1.29, 1.82) is 0 Å². The summed E-state index contributed by atoms with van der Waals surface area (Å²) in [6, 6.07) is 3.63. The number of carboxylic acids is 1. The highest BCUT2D eigenvalue weighted by atomic mass is 19.4. The van der Waals surface area contributed by atoms with Crippen molar-refractivity contribution in [2.75, 3.05) is 0 Å². The summed E-state index contributed by atoms with van der Waals surface area (Å²) in [5, 5.41) is 13.7. The molecule has 2 aromatic carbocycles. The molecule has 0 aromatic heterocycles. The molecule has 170 valence electrons. The first-order valence-electron chi connectivity index (χ1n) is 9.36. The van der Waals surface area contributed by atoms with Crippen molar-refractivity contribution in [2.24, 2.45) is 0 Å². The molecule has 2 amide bonds. The van der Waals surface area contributed by atoms with Crippen molar-refractivity contribution in [2.45, 2.75) is 37.5 Å². The molecule has 32 heavy (non-hydrogen) atoms. The van der Waals surface area contributed by atoms with Gasteiger partial charge in [-0.15, -0.1) is 0 Å². The number of alkyl halides is 3. The molecular weight excluding hydrogens is 439 g/mol. The van der Waals surface area contributed by atoms with Gasteiger partial charge in [0.05, 0.1) is 17.2 Å². The number of carbonyl (C=O) groups excluding carboxylic acids is 2. The normalized spacial score (nSPS) is 15.6. The Balaban J connectivity index is 1.73. The molecule has 0 bridgehead atoms. The van der Waals surface area contributed by atoms with Crippen LogP contribution in [0, 0.1) is 11.6 Å². The lowest BCUT2D eigenvalue weighted by Crippen LogP contribution is -2.49. The van der Waals surface area contributed by atoms with Crippen LogP contribution in [0.15, 0.2) is 36.4 Å². The monoisotopic (exact) mass is 456 g/mol. The van der Waals surface area contributed by atoms with E-state index >= 15 is 0 Å². The molecule has 0 spiro atoms. The molecule has 0 heterocycles. The molecule has 3 N–H and O–H groups in total. The number of benzene rings is 2. The zero-order chi connectivity index (χ0) is 23.8. The Hall–Kier alpha value is -3.50. The van der Waals surface area contributed by atoms with E-state index in [1.807, 2.05) is 0 Å². The minimum absolute atomic E-state index is 0.00502. The molecule has 6 nitrogen and oxygen atoms in total. The second-order valence-electron chi connectivity index (χ2n) is 7.50. The number of rotatable bonds is 6. The highest BCUT2D eigenvalue weighted by Crippen LogP contribution is 2.37. The number of amides is 2. The first-order chi connectivity index (χ1) is 14.8. The van der Waals surface area contributed by atoms with Gasteiger partial charge in [-0.25, -0.2) is 13.6 Å². The summed E-state index contributed by atoms with van der Waals surface area (Å²) in [4.78, 5) is 36.0. The number of nitrogens with one attached hydrogen (secondary N) is 2. The molecule has 1 saturated carbocycles.